The Kier molecular flexibility index (Phi) is 1.62. The van der Waals surface area contributed by atoms with Gasteiger partial charge in [0, 0.05) is 0 Å². The van der Waals surface area contributed by atoms with E-state index in [4.69, 9.17) is 0 Å². The minimum absolute atomic E-state index is 0.0492. The molecule has 1 fully saturated rings. The van der Waals surface area contributed by atoms with E-state index in [9.17, 15) is 8.42 Å². The monoisotopic (exact) mass is 186 g/mol. The van der Waals surface area contributed by atoms with Gasteiger partial charge in [0.15, 0.2) is 9.84 Å². The maximum Gasteiger partial charge on any atom is 0.151 e. The topological polar surface area (TPSA) is 34.1 Å². The molecule has 12 heavy (non-hydrogen) atoms. The lowest BCUT2D eigenvalue weighted by Gasteiger charge is -2.30. The molecule has 2 nitrogen and oxygen atoms in total. The highest BCUT2D eigenvalue weighted by atomic mass is 32.2. The predicted octanol–water partition coefficient (Wildman–Crippen LogP) is 1.39. The number of rotatable bonds is 0. The lowest BCUT2D eigenvalue weighted by atomic mass is 9.73. The van der Waals surface area contributed by atoms with E-state index in [0.717, 1.165) is 12.8 Å². The molecule has 1 aliphatic heterocycles. The van der Waals surface area contributed by atoms with Crippen LogP contribution in [0.25, 0.3) is 0 Å². The van der Waals surface area contributed by atoms with Crippen LogP contribution < -0.4 is 0 Å². The summed E-state index contributed by atoms with van der Waals surface area (Å²) in [5, 5.41) is 0. The van der Waals surface area contributed by atoms with Gasteiger partial charge < -0.3 is 0 Å². The summed E-state index contributed by atoms with van der Waals surface area (Å²) < 4.78 is 22.7. The van der Waals surface area contributed by atoms with E-state index in [0.29, 0.717) is 17.4 Å². The van der Waals surface area contributed by atoms with Gasteiger partial charge in [-0.2, -0.15) is 0 Å². The van der Waals surface area contributed by atoms with E-state index in [1.54, 1.807) is 0 Å². The Morgan fingerprint density at radius 2 is 2.17 bits per heavy atom. The van der Waals surface area contributed by atoms with Gasteiger partial charge in [-0.1, -0.05) is 19.1 Å². The predicted molar refractivity (Wildman–Crippen MR) is 48.6 cm³/mol. The largest absolute Gasteiger partial charge is 0.229 e. The molecule has 0 aromatic heterocycles. The van der Waals surface area contributed by atoms with Gasteiger partial charge in [-0.3, -0.25) is 0 Å². The van der Waals surface area contributed by atoms with Crippen LogP contribution in [0.3, 0.4) is 0 Å². The second-order valence-corrected chi connectivity index (χ2v) is 6.43. The molecule has 1 saturated heterocycles. The lowest BCUT2D eigenvalue weighted by molar-refractivity contribution is 0.251. The summed E-state index contributed by atoms with van der Waals surface area (Å²) in [5.41, 5.74) is 0.0492. The van der Waals surface area contributed by atoms with E-state index in [-0.39, 0.29) is 5.41 Å². The summed E-state index contributed by atoms with van der Waals surface area (Å²) in [6.45, 7) is 2.10. The molecule has 0 aromatic carbocycles. The van der Waals surface area contributed by atoms with Crippen molar-refractivity contribution < 1.29 is 8.42 Å². The minimum atomic E-state index is -2.73. The molecule has 0 bridgehead atoms. The van der Waals surface area contributed by atoms with Crippen molar-refractivity contribution in [2.24, 2.45) is 11.3 Å². The molecular weight excluding hydrogens is 172 g/mol. The molecule has 0 N–H and O–H groups in total. The zero-order chi connectivity index (χ0) is 8.82. The highest BCUT2D eigenvalue weighted by Gasteiger charge is 2.46. The van der Waals surface area contributed by atoms with Crippen molar-refractivity contribution in [2.75, 3.05) is 11.5 Å². The Morgan fingerprint density at radius 1 is 1.42 bits per heavy atom. The van der Waals surface area contributed by atoms with Crippen LogP contribution in [0.2, 0.25) is 0 Å². The molecule has 2 rings (SSSR count). The first-order chi connectivity index (χ1) is 5.52. The summed E-state index contributed by atoms with van der Waals surface area (Å²) in [6, 6.07) is 0. The van der Waals surface area contributed by atoms with Gasteiger partial charge in [0.2, 0.25) is 0 Å². The number of fused-ring (bicyclic) bond motifs is 1. The molecular formula is C9H14O2S. The molecule has 0 radical (unpaired) electrons. The first-order valence-electron chi connectivity index (χ1n) is 4.37. The summed E-state index contributed by atoms with van der Waals surface area (Å²) in [6.07, 6.45) is 6.14. The third-order valence-electron chi connectivity index (χ3n) is 3.16. The highest BCUT2D eigenvalue weighted by molar-refractivity contribution is 7.91. The van der Waals surface area contributed by atoms with Gasteiger partial charge in [0.1, 0.15) is 0 Å². The van der Waals surface area contributed by atoms with Crippen molar-refractivity contribution in [2.45, 2.75) is 19.8 Å². The number of sulfone groups is 1. The van der Waals surface area contributed by atoms with Crippen LogP contribution in [-0.4, -0.2) is 19.9 Å². The third-order valence-corrected chi connectivity index (χ3v) is 5.17. The molecule has 0 spiro atoms. The number of allylic oxidation sites excluding steroid dienone is 2. The van der Waals surface area contributed by atoms with Crippen LogP contribution in [-0.2, 0) is 9.84 Å². The van der Waals surface area contributed by atoms with Crippen molar-refractivity contribution in [1.82, 2.24) is 0 Å². The van der Waals surface area contributed by atoms with Crippen LogP contribution >= 0.6 is 0 Å². The minimum Gasteiger partial charge on any atom is -0.229 e. The first kappa shape index (κ1) is 8.30. The molecule has 2 aliphatic rings. The van der Waals surface area contributed by atoms with Gasteiger partial charge in [-0.05, 0) is 24.2 Å². The SMILES string of the molecule is C[C@]12CC=CC[C@H]1CS(=O)(=O)C2. The Bertz CT molecular complexity index is 315. The average Bonchev–Trinajstić information content (AvgIpc) is 2.16. The first-order valence-corrected chi connectivity index (χ1v) is 6.19. The Morgan fingerprint density at radius 3 is 2.83 bits per heavy atom. The highest BCUT2D eigenvalue weighted by Crippen LogP contribution is 2.44. The van der Waals surface area contributed by atoms with Gasteiger partial charge in [-0.15, -0.1) is 0 Å². The Labute approximate surface area is 73.6 Å². The molecule has 0 amide bonds. The molecule has 3 heteroatoms. The van der Waals surface area contributed by atoms with Gasteiger partial charge >= 0.3 is 0 Å². The molecule has 1 heterocycles. The molecule has 0 aromatic rings. The molecule has 2 atom stereocenters. The summed E-state index contributed by atoms with van der Waals surface area (Å²) in [7, 11) is -2.73. The van der Waals surface area contributed by atoms with Crippen molar-refractivity contribution in [3.8, 4) is 0 Å². The second kappa shape index (κ2) is 2.34. The Balaban J connectivity index is 2.34. The fourth-order valence-electron chi connectivity index (χ4n) is 2.38. The summed E-state index contributed by atoms with van der Waals surface area (Å²) >= 11 is 0. The summed E-state index contributed by atoms with van der Waals surface area (Å²) in [5.74, 6) is 1.19. The zero-order valence-corrected chi connectivity index (χ0v) is 8.10. The van der Waals surface area contributed by atoms with Crippen LogP contribution in [0.5, 0.6) is 0 Å². The van der Waals surface area contributed by atoms with Gasteiger partial charge in [0.05, 0.1) is 11.5 Å². The Hall–Kier alpha value is -0.310. The molecule has 1 aliphatic carbocycles. The standard InChI is InChI=1S/C9H14O2S/c1-9-5-3-2-4-8(9)6-12(10,11)7-9/h2-3,8H,4-7H2,1H3/t8-,9+/m0/s1. The van der Waals surface area contributed by atoms with E-state index in [1.807, 2.05) is 0 Å². The normalized spacial score (nSPS) is 44.2. The third kappa shape index (κ3) is 1.20. The second-order valence-electron chi connectivity index (χ2n) is 4.32. The van der Waals surface area contributed by atoms with Crippen molar-refractivity contribution in [1.29, 1.82) is 0 Å². The lowest BCUT2D eigenvalue weighted by Crippen LogP contribution is -2.27. The number of hydrogen-bond donors (Lipinski definition) is 0. The van der Waals surface area contributed by atoms with Crippen LogP contribution in [0.15, 0.2) is 12.2 Å². The van der Waals surface area contributed by atoms with E-state index in [1.165, 1.54) is 0 Å². The fraction of sp³-hybridized carbons (Fsp3) is 0.778. The van der Waals surface area contributed by atoms with E-state index >= 15 is 0 Å². The smallest absolute Gasteiger partial charge is 0.151 e. The zero-order valence-electron chi connectivity index (χ0n) is 7.29. The average molecular weight is 186 g/mol. The number of hydrogen-bond acceptors (Lipinski definition) is 2. The van der Waals surface area contributed by atoms with Gasteiger partial charge in [0.25, 0.3) is 0 Å². The molecule has 0 unspecified atom stereocenters. The quantitative estimate of drug-likeness (QED) is 0.536. The maximum atomic E-state index is 11.4. The van der Waals surface area contributed by atoms with Crippen molar-refractivity contribution in [3.05, 3.63) is 12.2 Å². The summed E-state index contributed by atoms with van der Waals surface area (Å²) in [4.78, 5) is 0. The van der Waals surface area contributed by atoms with Crippen molar-refractivity contribution in [3.63, 3.8) is 0 Å². The van der Waals surface area contributed by atoms with E-state index < -0.39 is 9.84 Å². The van der Waals surface area contributed by atoms with Crippen LogP contribution in [0, 0.1) is 11.3 Å². The van der Waals surface area contributed by atoms with Gasteiger partial charge in [-0.25, -0.2) is 8.42 Å². The fourth-order valence-corrected chi connectivity index (χ4v) is 5.01. The maximum absolute atomic E-state index is 11.4. The van der Waals surface area contributed by atoms with E-state index in [2.05, 4.69) is 19.1 Å². The molecule has 68 valence electrons. The van der Waals surface area contributed by atoms with Crippen molar-refractivity contribution >= 4 is 9.84 Å². The van der Waals surface area contributed by atoms with Crippen LogP contribution in [0.1, 0.15) is 19.8 Å². The van der Waals surface area contributed by atoms with Crippen LogP contribution in [0.4, 0.5) is 0 Å². The molecule has 0 saturated carbocycles.